The van der Waals surface area contributed by atoms with E-state index in [-0.39, 0.29) is 11.4 Å². The lowest BCUT2D eigenvalue weighted by atomic mass is 10.1. The molecule has 2 N–H and O–H groups in total. The van der Waals surface area contributed by atoms with E-state index in [4.69, 9.17) is 11.6 Å². The molecule has 0 saturated heterocycles. The molecule has 104 valence electrons. The van der Waals surface area contributed by atoms with Gasteiger partial charge in [0.2, 0.25) is 0 Å². The molecule has 5 nitrogen and oxygen atoms in total. The normalized spacial score (nSPS) is 10.4. The van der Waals surface area contributed by atoms with Crippen molar-refractivity contribution in [1.82, 2.24) is 5.32 Å². The van der Waals surface area contributed by atoms with Crippen molar-refractivity contribution < 1.29 is 10.0 Å². The maximum absolute atomic E-state index is 10.5. The Hall–Kier alpha value is -2.11. The molecule has 2 rings (SSSR count). The van der Waals surface area contributed by atoms with Gasteiger partial charge in [0.1, 0.15) is 5.75 Å². The molecule has 0 fully saturated rings. The van der Waals surface area contributed by atoms with Crippen LogP contribution in [0, 0.1) is 10.1 Å². The van der Waals surface area contributed by atoms with E-state index in [9.17, 15) is 15.2 Å². The Morgan fingerprint density at radius 2 is 1.85 bits per heavy atom. The number of nitrogens with zero attached hydrogens (tertiary/aromatic N) is 1. The quantitative estimate of drug-likeness (QED) is 0.655. The number of aromatic hydroxyl groups is 1. The zero-order valence-corrected chi connectivity index (χ0v) is 11.3. The molecule has 2 aromatic carbocycles. The lowest BCUT2D eigenvalue weighted by Gasteiger charge is -2.08. The first kappa shape index (κ1) is 14.3. The van der Waals surface area contributed by atoms with E-state index in [1.807, 2.05) is 0 Å². The Morgan fingerprint density at radius 3 is 2.45 bits per heavy atom. The van der Waals surface area contributed by atoms with Crippen molar-refractivity contribution >= 4 is 17.3 Å². The predicted molar refractivity (Wildman–Crippen MR) is 76.8 cm³/mol. The van der Waals surface area contributed by atoms with Gasteiger partial charge in [-0.1, -0.05) is 29.8 Å². The monoisotopic (exact) mass is 292 g/mol. The summed E-state index contributed by atoms with van der Waals surface area (Å²) >= 11 is 5.99. The van der Waals surface area contributed by atoms with Gasteiger partial charge < -0.3 is 10.4 Å². The first-order chi connectivity index (χ1) is 9.58. The molecule has 0 amide bonds. The smallest absolute Gasteiger partial charge is 0.269 e. The zero-order chi connectivity index (χ0) is 14.5. The molecule has 2 aromatic rings. The number of phenolic OH excluding ortho intramolecular Hbond substituents is 1. The number of nitrogens with one attached hydrogen (secondary N) is 1. The van der Waals surface area contributed by atoms with E-state index in [0.717, 1.165) is 5.56 Å². The Morgan fingerprint density at radius 1 is 1.15 bits per heavy atom. The fourth-order valence-electron chi connectivity index (χ4n) is 1.79. The van der Waals surface area contributed by atoms with E-state index >= 15 is 0 Å². The standard InChI is InChI=1S/C14H13ClN2O3/c15-13-2-1-3-14(18)12(13)9-16-8-10-4-6-11(7-5-10)17(19)20/h1-7,16,18H,8-9H2. The summed E-state index contributed by atoms with van der Waals surface area (Å²) in [5, 5.41) is 23.9. The third kappa shape index (κ3) is 3.46. The van der Waals surface area contributed by atoms with Gasteiger partial charge in [-0.2, -0.15) is 0 Å². The van der Waals surface area contributed by atoms with E-state index in [1.165, 1.54) is 12.1 Å². The minimum absolute atomic E-state index is 0.0671. The van der Waals surface area contributed by atoms with Gasteiger partial charge in [-0.05, 0) is 17.7 Å². The molecular weight excluding hydrogens is 280 g/mol. The van der Waals surface area contributed by atoms with Crippen LogP contribution in [0.2, 0.25) is 5.02 Å². The molecule has 0 aliphatic heterocycles. The van der Waals surface area contributed by atoms with Crippen LogP contribution in [0.25, 0.3) is 0 Å². The fourth-order valence-corrected chi connectivity index (χ4v) is 2.03. The molecule has 0 aliphatic carbocycles. The van der Waals surface area contributed by atoms with E-state index in [1.54, 1.807) is 30.3 Å². The molecular formula is C14H13ClN2O3. The van der Waals surface area contributed by atoms with Crippen LogP contribution in [0.5, 0.6) is 5.75 Å². The summed E-state index contributed by atoms with van der Waals surface area (Å²) in [6.07, 6.45) is 0. The average molecular weight is 293 g/mol. The van der Waals surface area contributed by atoms with Crippen molar-refractivity contribution in [3.8, 4) is 5.75 Å². The maximum Gasteiger partial charge on any atom is 0.269 e. The highest BCUT2D eigenvalue weighted by Gasteiger charge is 2.06. The molecule has 0 radical (unpaired) electrons. The second-order valence-corrected chi connectivity index (χ2v) is 4.67. The molecule has 0 aliphatic rings. The van der Waals surface area contributed by atoms with Gasteiger partial charge in [-0.3, -0.25) is 10.1 Å². The van der Waals surface area contributed by atoms with Crippen molar-refractivity contribution in [2.75, 3.05) is 0 Å². The molecule has 0 aromatic heterocycles. The summed E-state index contributed by atoms with van der Waals surface area (Å²) in [4.78, 5) is 10.1. The third-order valence-corrected chi connectivity index (χ3v) is 3.23. The van der Waals surface area contributed by atoms with E-state index in [0.29, 0.717) is 23.7 Å². The number of rotatable bonds is 5. The third-order valence-electron chi connectivity index (χ3n) is 2.87. The van der Waals surface area contributed by atoms with Crippen LogP contribution in [0.15, 0.2) is 42.5 Å². The number of nitro groups is 1. The SMILES string of the molecule is O=[N+]([O-])c1ccc(CNCc2c(O)cccc2Cl)cc1. The van der Waals surface area contributed by atoms with Gasteiger partial charge in [-0.15, -0.1) is 0 Å². The lowest BCUT2D eigenvalue weighted by molar-refractivity contribution is -0.384. The molecule has 0 heterocycles. The molecule has 0 unspecified atom stereocenters. The molecule has 0 spiro atoms. The van der Waals surface area contributed by atoms with Crippen molar-refractivity contribution in [1.29, 1.82) is 0 Å². The van der Waals surface area contributed by atoms with Crippen LogP contribution in [0.3, 0.4) is 0 Å². The van der Waals surface area contributed by atoms with Crippen molar-refractivity contribution in [2.24, 2.45) is 0 Å². The topological polar surface area (TPSA) is 75.4 Å². The van der Waals surface area contributed by atoms with Crippen LogP contribution < -0.4 is 5.32 Å². The Balaban J connectivity index is 1.94. The zero-order valence-electron chi connectivity index (χ0n) is 10.5. The second kappa shape index (κ2) is 6.36. The van der Waals surface area contributed by atoms with Crippen molar-refractivity contribution in [3.63, 3.8) is 0 Å². The number of benzene rings is 2. The Kier molecular flexibility index (Phi) is 4.55. The summed E-state index contributed by atoms with van der Waals surface area (Å²) in [7, 11) is 0. The molecule has 0 atom stereocenters. The first-order valence-corrected chi connectivity index (χ1v) is 6.36. The lowest BCUT2D eigenvalue weighted by Crippen LogP contribution is -2.13. The fraction of sp³-hybridized carbons (Fsp3) is 0.143. The molecule has 20 heavy (non-hydrogen) atoms. The van der Waals surface area contributed by atoms with Gasteiger partial charge >= 0.3 is 0 Å². The Bertz CT molecular complexity index is 594. The Labute approximate surface area is 121 Å². The first-order valence-electron chi connectivity index (χ1n) is 5.98. The number of hydrogen-bond donors (Lipinski definition) is 2. The minimum Gasteiger partial charge on any atom is -0.508 e. The number of nitro benzene ring substituents is 1. The minimum atomic E-state index is -0.432. The van der Waals surface area contributed by atoms with E-state index in [2.05, 4.69) is 5.32 Å². The van der Waals surface area contributed by atoms with Gasteiger partial charge in [-0.25, -0.2) is 0 Å². The maximum atomic E-state index is 10.5. The van der Waals surface area contributed by atoms with Gasteiger partial charge in [0, 0.05) is 35.8 Å². The summed E-state index contributed by atoms with van der Waals surface area (Å²) in [5.74, 6) is 0.147. The summed E-state index contributed by atoms with van der Waals surface area (Å²) in [6, 6.07) is 11.3. The van der Waals surface area contributed by atoms with Crippen LogP contribution in [-0.2, 0) is 13.1 Å². The van der Waals surface area contributed by atoms with E-state index < -0.39 is 4.92 Å². The number of non-ortho nitro benzene ring substituents is 1. The molecule has 0 saturated carbocycles. The highest BCUT2D eigenvalue weighted by Crippen LogP contribution is 2.24. The highest BCUT2D eigenvalue weighted by molar-refractivity contribution is 6.31. The number of phenols is 1. The van der Waals surface area contributed by atoms with Gasteiger partial charge in [0.15, 0.2) is 0 Å². The number of hydrogen-bond acceptors (Lipinski definition) is 4. The second-order valence-electron chi connectivity index (χ2n) is 4.26. The van der Waals surface area contributed by atoms with Crippen LogP contribution >= 0.6 is 11.6 Å². The molecule has 0 bridgehead atoms. The van der Waals surface area contributed by atoms with Crippen LogP contribution in [-0.4, -0.2) is 10.0 Å². The van der Waals surface area contributed by atoms with Crippen molar-refractivity contribution in [2.45, 2.75) is 13.1 Å². The average Bonchev–Trinajstić information content (AvgIpc) is 2.42. The van der Waals surface area contributed by atoms with Gasteiger partial charge in [0.25, 0.3) is 5.69 Å². The summed E-state index contributed by atoms with van der Waals surface area (Å²) in [5.41, 5.74) is 1.62. The predicted octanol–water partition coefficient (Wildman–Crippen LogP) is 3.24. The summed E-state index contributed by atoms with van der Waals surface area (Å²) < 4.78 is 0. The van der Waals surface area contributed by atoms with Crippen LogP contribution in [0.4, 0.5) is 5.69 Å². The van der Waals surface area contributed by atoms with Crippen molar-refractivity contribution in [3.05, 3.63) is 68.7 Å². The number of halogens is 1. The molecule has 6 heteroatoms. The van der Waals surface area contributed by atoms with Gasteiger partial charge in [0.05, 0.1) is 4.92 Å². The van der Waals surface area contributed by atoms with Crippen LogP contribution in [0.1, 0.15) is 11.1 Å². The largest absolute Gasteiger partial charge is 0.508 e. The summed E-state index contributed by atoms with van der Waals surface area (Å²) in [6.45, 7) is 0.950. The highest BCUT2D eigenvalue weighted by atomic mass is 35.5.